The highest BCUT2D eigenvalue weighted by Crippen LogP contribution is 2.46. The van der Waals surface area contributed by atoms with Crippen LogP contribution in [0.3, 0.4) is 0 Å². The first kappa shape index (κ1) is 15.9. The van der Waals surface area contributed by atoms with Crippen LogP contribution < -0.4 is 10.1 Å². The Hall–Kier alpha value is -2.02. The summed E-state index contributed by atoms with van der Waals surface area (Å²) in [6, 6.07) is 5.99. The van der Waals surface area contributed by atoms with Gasteiger partial charge in [0.25, 0.3) is 0 Å². The number of benzene rings is 1. The Labute approximate surface area is 131 Å². The molecule has 2 aromatic rings. The van der Waals surface area contributed by atoms with E-state index in [0.717, 1.165) is 29.9 Å². The van der Waals surface area contributed by atoms with Gasteiger partial charge in [-0.25, -0.2) is 4.98 Å². The lowest BCUT2D eigenvalue weighted by molar-refractivity contribution is -0.274. The van der Waals surface area contributed by atoms with Crippen molar-refractivity contribution in [3.05, 3.63) is 47.2 Å². The summed E-state index contributed by atoms with van der Waals surface area (Å²) in [5, 5.41) is 3.39. The van der Waals surface area contributed by atoms with Crippen molar-refractivity contribution < 1.29 is 22.3 Å². The second kappa shape index (κ2) is 5.56. The summed E-state index contributed by atoms with van der Waals surface area (Å²) in [7, 11) is 0. The van der Waals surface area contributed by atoms with Crippen LogP contribution in [0, 0.1) is 13.8 Å². The van der Waals surface area contributed by atoms with E-state index in [9.17, 15) is 13.2 Å². The smallest absolute Gasteiger partial charge is 0.444 e. The molecule has 0 saturated heterocycles. The molecule has 4 nitrogen and oxygen atoms in total. The van der Waals surface area contributed by atoms with E-state index in [1.807, 2.05) is 13.8 Å². The van der Waals surface area contributed by atoms with Crippen LogP contribution in [-0.2, 0) is 12.1 Å². The number of aromatic nitrogens is 1. The van der Waals surface area contributed by atoms with E-state index in [4.69, 9.17) is 4.42 Å². The third-order valence-electron chi connectivity index (χ3n) is 4.04. The zero-order chi connectivity index (χ0) is 16.7. The van der Waals surface area contributed by atoms with E-state index < -0.39 is 6.36 Å². The molecule has 0 unspecified atom stereocenters. The molecule has 7 heteroatoms. The molecule has 1 heterocycles. The van der Waals surface area contributed by atoms with Gasteiger partial charge in [0, 0.05) is 5.54 Å². The fourth-order valence-electron chi connectivity index (χ4n) is 2.53. The molecular weight excluding hydrogens is 309 g/mol. The molecule has 1 N–H and O–H groups in total. The van der Waals surface area contributed by atoms with Gasteiger partial charge < -0.3 is 9.15 Å². The van der Waals surface area contributed by atoms with Crippen molar-refractivity contribution in [2.75, 3.05) is 0 Å². The molecule has 1 fully saturated rings. The minimum atomic E-state index is -4.67. The highest BCUT2D eigenvalue weighted by atomic mass is 19.4. The Morgan fingerprint density at radius 1 is 1.22 bits per heavy atom. The molecule has 0 aliphatic heterocycles. The number of oxazole rings is 1. The predicted octanol–water partition coefficient (Wildman–Crippen LogP) is 3.97. The number of nitrogens with zero attached hydrogens (tertiary/aromatic N) is 1. The zero-order valence-electron chi connectivity index (χ0n) is 12.8. The summed E-state index contributed by atoms with van der Waals surface area (Å²) in [6.07, 6.45) is -2.83. The van der Waals surface area contributed by atoms with Gasteiger partial charge in [-0.05, 0) is 44.4 Å². The van der Waals surface area contributed by atoms with Gasteiger partial charge in [-0.15, -0.1) is 13.2 Å². The summed E-state index contributed by atoms with van der Waals surface area (Å²) < 4.78 is 46.0. The molecule has 0 amide bonds. The molecule has 1 aromatic heterocycles. The van der Waals surface area contributed by atoms with Crippen LogP contribution in [-0.4, -0.2) is 11.3 Å². The van der Waals surface area contributed by atoms with Crippen LogP contribution in [0.25, 0.3) is 0 Å². The van der Waals surface area contributed by atoms with Crippen molar-refractivity contribution in [2.24, 2.45) is 0 Å². The second-order valence-corrected chi connectivity index (χ2v) is 5.76. The lowest BCUT2D eigenvalue weighted by atomic mass is 10.0. The molecule has 23 heavy (non-hydrogen) atoms. The van der Waals surface area contributed by atoms with Gasteiger partial charge in [0.05, 0.1) is 12.2 Å². The number of nitrogens with one attached hydrogen (secondary N) is 1. The minimum Gasteiger partial charge on any atom is -0.444 e. The normalized spacial score (nSPS) is 16.4. The third kappa shape index (κ3) is 3.67. The molecule has 1 aliphatic rings. The van der Waals surface area contributed by atoms with E-state index in [0.29, 0.717) is 12.4 Å². The van der Waals surface area contributed by atoms with Crippen molar-refractivity contribution in [1.29, 1.82) is 0 Å². The summed E-state index contributed by atoms with van der Waals surface area (Å²) >= 11 is 0. The van der Waals surface area contributed by atoms with Crippen LogP contribution >= 0.6 is 0 Å². The van der Waals surface area contributed by atoms with Crippen LogP contribution in [0.4, 0.5) is 13.2 Å². The Morgan fingerprint density at radius 2 is 1.87 bits per heavy atom. The van der Waals surface area contributed by atoms with Gasteiger partial charge in [-0.2, -0.15) is 0 Å². The molecule has 1 aromatic carbocycles. The zero-order valence-corrected chi connectivity index (χ0v) is 12.8. The summed E-state index contributed by atoms with van der Waals surface area (Å²) in [6.45, 7) is 4.22. The maximum absolute atomic E-state index is 12.2. The van der Waals surface area contributed by atoms with Gasteiger partial charge in [-0.3, -0.25) is 5.32 Å². The number of hydrogen-bond acceptors (Lipinski definition) is 4. The minimum absolute atomic E-state index is 0.212. The highest BCUT2D eigenvalue weighted by molar-refractivity contribution is 5.35. The van der Waals surface area contributed by atoms with Crippen molar-refractivity contribution in [2.45, 2.75) is 45.1 Å². The first-order valence-electron chi connectivity index (χ1n) is 7.32. The summed E-state index contributed by atoms with van der Waals surface area (Å²) in [5.41, 5.74) is 1.58. The highest BCUT2D eigenvalue weighted by Gasteiger charge is 2.44. The van der Waals surface area contributed by atoms with Crippen molar-refractivity contribution in [1.82, 2.24) is 10.3 Å². The van der Waals surface area contributed by atoms with E-state index in [2.05, 4.69) is 15.0 Å². The Kier molecular flexibility index (Phi) is 3.83. The Bertz CT molecular complexity index is 669. The van der Waals surface area contributed by atoms with Crippen molar-refractivity contribution in [3.63, 3.8) is 0 Å². The van der Waals surface area contributed by atoms with E-state index in [-0.39, 0.29) is 11.3 Å². The van der Waals surface area contributed by atoms with E-state index in [1.165, 1.54) is 12.1 Å². The van der Waals surface area contributed by atoms with E-state index >= 15 is 0 Å². The second-order valence-electron chi connectivity index (χ2n) is 5.76. The summed E-state index contributed by atoms with van der Waals surface area (Å²) in [4.78, 5) is 4.31. The first-order valence-corrected chi connectivity index (χ1v) is 7.32. The maximum Gasteiger partial charge on any atom is 0.573 e. The molecule has 1 aliphatic carbocycles. The van der Waals surface area contributed by atoms with Gasteiger partial charge in [0.1, 0.15) is 11.5 Å². The number of aryl methyl sites for hydroxylation is 2. The standard InChI is InChI=1S/C16H17F3N2O2/c1-10-11(2)22-14(21-10)9-20-15(7-8-15)12-3-5-13(6-4-12)23-16(17,18)19/h3-6,20H,7-9H2,1-2H3. The molecule has 0 spiro atoms. The van der Waals surface area contributed by atoms with Crippen LogP contribution in [0.5, 0.6) is 5.75 Å². The maximum atomic E-state index is 12.2. The molecule has 3 rings (SSSR count). The van der Waals surface area contributed by atoms with Crippen LogP contribution in [0.2, 0.25) is 0 Å². The fourth-order valence-corrected chi connectivity index (χ4v) is 2.53. The SMILES string of the molecule is Cc1nc(CNC2(c3ccc(OC(F)(F)F)cc3)CC2)oc1C. The number of rotatable bonds is 5. The van der Waals surface area contributed by atoms with Crippen LogP contribution in [0.15, 0.2) is 28.7 Å². The van der Waals surface area contributed by atoms with Gasteiger partial charge in [0.2, 0.25) is 5.89 Å². The molecule has 0 radical (unpaired) electrons. The van der Waals surface area contributed by atoms with Gasteiger partial charge >= 0.3 is 6.36 Å². The predicted molar refractivity (Wildman–Crippen MR) is 76.9 cm³/mol. The molecular formula is C16H17F3N2O2. The lowest BCUT2D eigenvalue weighted by Crippen LogP contribution is -2.28. The average Bonchev–Trinajstić information content (AvgIpc) is 3.18. The van der Waals surface area contributed by atoms with Gasteiger partial charge in [-0.1, -0.05) is 12.1 Å². The van der Waals surface area contributed by atoms with Gasteiger partial charge in [0.15, 0.2) is 0 Å². The average molecular weight is 326 g/mol. The molecule has 124 valence electrons. The Morgan fingerprint density at radius 3 is 2.35 bits per heavy atom. The number of alkyl halides is 3. The van der Waals surface area contributed by atoms with Crippen LogP contribution in [0.1, 0.15) is 35.7 Å². The Balaban J connectivity index is 1.66. The first-order chi connectivity index (χ1) is 10.8. The third-order valence-corrected chi connectivity index (χ3v) is 4.04. The fraction of sp³-hybridized carbons (Fsp3) is 0.438. The largest absolute Gasteiger partial charge is 0.573 e. The number of ether oxygens (including phenoxy) is 1. The lowest BCUT2D eigenvalue weighted by Gasteiger charge is -2.17. The molecule has 0 bridgehead atoms. The van der Waals surface area contributed by atoms with E-state index in [1.54, 1.807) is 12.1 Å². The number of hydrogen-bond donors (Lipinski definition) is 1. The topological polar surface area (TPSA) is 47.3 Å². The van der Waals surface area contributed by atoms with Crippen molar-refractivity contribution in [3.8, 4) is 5.75 Å². The monoisotopic (exact) mass is 326 g/mol. The molecule has 0 atom stereocenters. The molecule has 1 saturated carbocycles. The van der Waals surface area contributed by atoms with Crippen molar-refractivity contribution >= 4 is 0 Å². The summed E-state index contributed by atoms with van der Waals surface area (Å²) in [5.74, 6) is 1.19. The quantitative estimate of drug-likeness (QED) is 0.903. The number of halogens is 3.